The van der Waals surface area contributed by atoms with E-state index in [1.165, 1.54) is 4.88 Å². The second kappa shape index (κ2) is 8.49. The van der Waals surface area contributed by atoms with Gasteiger partial charge in [0.05, 0.1) is 9.33 Å². The number of halogens is 1. The van der Waals surface area contributed by atoms with Crippen molar-refractivity contribution in [3.63, 3.8) is 0 Å². The fraction of sp³-hybridized carbons (Fsp3) is 0.706. The molecule has 6 heteroatoms. The molecule has 4 nitrogen and oxygen atoms in total. The molecule has 1 unspecified atom stereocenters. The van der Waals surface area contributed by atoms with Gasteiger partial charge in [-0.3, -0.25) is 0 Å². The largest absolute Gasteiger partial charge is 0.444 e. The molecule has 0 bridgehead atoms. The molecule has 132 valence electrons. The average Bonchev–Trinajstić information content (AvgIpc) is 2.88. The fourth-order valence-corrected chi connectivity index (χ4v) is 3.70. The van der Waals surface area contributed by atoms with Crippen molar-refractivity contribution in [1.82, 2.24) is 10.6 Å². The van der Waals surface area contributed by atoms with Gasteiger partial charge in [-0.15, -0.1) is 11.3 Å². The second-order valence-corrected chi connectivity index (χ2v) is 9.35. The summed E-state index contributed by atoms with van der Waals surface area (Å²) in [6.45, 7) is 12.7. The van der Waals surface area contributed by atoms with E-state index in [0.717, 1.165) is 16.6 Å². The third-order valence-electron chi connectivity index (χ3n) is 3.89. The highest BCUT2D eigenvalue weighted by atomic mass is 79.9. The maximum Gasteiger partial charge on any atom is 0.408 e. The van der Waals surface area contributed by atoms with E-state index in [4.69, 9.17) is 4.74 Å². The molecule has 1 aromatic rings. The standard InChI is InChI=1S/C17H29BrN2O2S/c1-7-17(8-2,20-15(21)22-16(4,5)6)11-19-12(3)13-9-10-14(18)23-13/h9-10,12,19H,7-8,11H2,1-6H3,(H,20,21). The number of hydrogen-bond acceptors (Lipinski definition) is 4. The molecule has 1 aromatic heterocycles. The van der Waals surface area contributed by atoms with Gasteiger partial charge in [0.15, 0.2) is 0 Å². The number of carbonyl (C=O) groups excluding carboxylic acids is 1. The predicted octanol–water partition coefficient (Wildman–Crippen LogP) is 5.24. The van der Waals surface area contributed by atoms with Crippen molar-refractivity contribution in [2.24, 2.45) is 0 Å². The summed E-state index contributed by atoms with van der Waals surface area (Å²) in [5.41, 5.74) is -0.785. The van der Waals surface area contributed by atoms with Gasteiger partial charge in [-0.2, -0.15) is 0 Å². The molecule has 0 aliphatic heterocycles. The Hall–Kier alpha value is -0.590. The van der Waals surface area contributed by atoms with Gasteiger partial charge < -0.3 is 15.4 Å². The summed E-state index contributed by atoms with van der Waals surface area (Å²) < 4.78 is 6.54. The van der Waals surface area contributed by atoms with Gasteiger partial charge in [0.25, 0.3) is 0 Å². The maximum atomic E-state index is 12.1. The van der Waals surface area contributed by atoms with Crippen LogP contribution >= 0.6 is 27.3 Å². The normalized spacial score (nSPS) is 13.7. The van der Waals surface area contributed by atoms with E-state index in [1.807, 2.05) is 20.8 Å². The fourth-order valence-electron chi connectivity index (χ4n) is 2.25. The van der Waals surface area contributed by atoms with Crippen molar-refractivity contribution in [3.8, 4) is 0 Å². The van der Waals surface area contributed by atoms with Crippen LogP contribution in [-0.4, -0.2) is 23.8 Å². The number of amides is 1. The van der Waals surface area contributed by atoms with Crippen LogP contribution in [0.25, 0.3) is 0 Å². The zero-order valence-corrected chi connectivity index (χ0v) is 17.4. The van der Waals surface area contributed by atoms with E-state index in [0.29, 0.717) is 6.54 Å². The van der Waals surface area contributed by atoms with Crippen molar-refractivity contribution < 1.29 is 9.53 Å². The number of nitrogens with one attached hydrogen (secondary N) is 2. The van der Waals surface area contributed by atoms with Crippen LogP contribution in [0.1, 0.15) is 65.3 Å². The lowest BCUT2D eigenvalue weighted by Crippen LogP contribution is -2.55. The molecular formula is C17H29BrN2O2S. The Kier molecular flexibility index (Phi) is 7.55. The van der Waals surface area contributed by atoms with Gasteiger partial charge in [-0.05, 0) is 68.6 Å². The first-order valence-corrected chi connectivity index (χ1v) is 9.71. The minimum Gasteiger partial charge on any atom is -0.444 e. The topological polar surface area (TPSA) is 50.4 Å². The van der Waals surface area contributed by atoms with Crippen molar-refractivity contribution in [3.05, 3.63) is 20.8 Å². The lowest BCUT2D eigenvalue weighted by Gasteiger charge is -2.35. The van der Waals surface area contributed by atoms with E-state index < -0.39 is 5.60 Å². The second-order valence-electron chi connectivity index (χ2n) is 6.86. The van der Waals surface area contributed by atoms with Gasteiger partial charge in [0.1, 0.15) is 5.60 Å². The van der Waals surface area contributed by atoms with Crippen LogP contribution in [0.5, 0.6) is 0 Å². The number of rotatable bonds is 7. The molecule has 0 spiro atoms. The lowest BCUT2D eigenvalue weighted by molar-refractivity contribution is 0.0444. The molecule has 1 rings (SSSR count). The molecule has 23 heavy (non-hydrogen) atoms. The molecule has 2 N–H and O–H groups in total. The van der Waals surface area contributed by atoms with E-state index in [9.17, 15) is 4.79 Å². The Morgan fingerprint density at radius 1 is 1.30 bits per heavy atom. The van der Waals surface area contributed by atoms with Crippen molar-refractivity contribution in [2.75, 3.05) is 6.54 Å². The smallest absolute Gasteiger partial charge is 0.408 e. The number of thiophene rings is 1. The minimum absolute atomic E-state index is 0.240. The van der Waals surface area contributed by atoms with Gasteiger partial charge >= 0.3 is 6.09 Å². The molecule has 1 heterocycles. The Bertz CT molecular complexity index is 507. The Labute approximate surface area is 152 Å². The molecule has 0 fully saturated rings. The summed E-state index contributed by atoms with van der Waals surface area (Å²) in [5, 5.41) is 6.61. The molecule has 0 aromatic carbocycles. The monoisotopic (exact) mass is 404 g/mol. The zero-order chi connectivity index (χ0) is 17.7. The third-order valence-corrected chi connectivity index (χ3v) is 5.69. The quantitative estimate of drug-likeness (QED) is 0.652. The average molecular weight is 405 g/mol. The highest BCUT2D eigenvalue weighted by Crippen LogP contribution is 2.27. The summed E-state index contributed by atoms with van der Waals surface area (Å²) in [5.74, 6) is 0. The molecule has 0 aliphatic rings. The van der Waals surface area contributed by atoms with Gasteiger partial charge in [0.2, 0.25) is 0 Å². The van der Waals surface area contributed by atoms with Crippen molar-refractivity contribution in [1.29, 1.82) is 0 Å². The first kappa shape index (κ1) is 20.5. The molecular weight excluding hydrogens is 376 g/mol. The number of ether oxygens (including phenoxy) is 1. The highest BCUT2D eigenvalue weighted by molar-refractivity contribution is 9.11. The summed E-state index contributed by atoms with van der Waals surface area (Å²) in [6.07, 6.45) is 1.34. The summed E-state index contributed by atoms with van der Waals surface area (Å²) in [4.78, 5) is 13.4. The minimum atomic E-state index is -0.485. The summed E-state index contributed by atoms with van der Waals surface area (Å²) in [6, 6.07) is 4.42. The van der Waals surface area contributed by atoms with Crippen LogP contribution in [0.15, 0.2) is 15.9 Å². The van der Waals surface area contributed by atoms with Crippen LogP contribution in [-0.2, 0) is 4.74 Å². The van der Waals surface area contributed by atoms with Gasteiger partial charge in [0, 0.05) is 17.5 Å². The number of alkyl carbamates (subject to hydrolysis) is 1. The summed E-state index contributed by atoms with van der Waals surface area (Å²) >= 11 is 5.22. The third kappa shape index (κ3) is 6.81. The van der Waals surface area contributed by atoms with Gasteiger partial charge in [-0.1, -0.05) is 13.8 Å². The van der Waals surface area contributed by atoms with Crippen LogP contribution in [0.3, 0.4) is 0 Å². The van der Waals surface area contributed by atoms with Crippen LogP contribution in [0.4, 0.5) is 4.79 Å². The van der Waals surface area contributed by atoms with Crippen LogP contribution in [0, 0.1) is 0 Å². The van der Waals surface area contributed by atoms with Gasteiger partial charge in [-0.25, -0.2) is 4.79 Å². The molecule has 0 radical (unpaired) electrons. The van der Waals surface area contributed by atoms with Crippen molar-refractivity contribution in [2.45, 2.75) is 71.6 Å². The van der Waals surface area contributed by atoms with Crippen LogP contribution in [0.2, 0.25) is 0 Å². The Morgan fingerprint density at radius 2 is 1.91 bits per heavy atom. The molecule has 1 amide bonds. The Balaban J connectivity index is 2.67. The lowest BCUT2D eigenvalue weighted by atomic mass is 9.92. The number of carbonyl (C=O) groups is 1. The highest BCUT2D eigenvalue weighted by Gasteiger charge is 2.30. The van der Waals surface area contributed by atoms with Crippen molar-refractivity contribution >= 4 is 33.4 Å². The number of hydrogen-bond donors (Lipinski definition) is 2. The maximum absolute atomic E-state index is 12.1. The zero-order valence-electron chi connectivity index (χ0n) is 15.0. The summed E-state index contributed by atoms with van der Waals surface area (Å²) in [7, 11) is 0. The van der Waals surface area contributed by atoms with Crippen LogP contribution < -0.4 is 10.6 Å². The van der Waals surface area contributed by atoms with E-state index in [-0.39, 0.29) is 17.7 Å². The first-order valence-electron chi connectivity index (χ1n) is 8.10. The SMILES string of the molecule is CCC(CC)(CNC(C)c1ccc(Br)s1)NC(=O)OC(C)(C)C. The molecule has 1 atom stereocenters. The van der Waals surface area contributed by atoms with E-state index in [1.54, 1.807) is 11.3 Å². The molecule has 0 aliphatic carbocycles. The molecule has 0 saturated carbocycles. The first-order chi connectivity index (χ1) is 10.6. The van der Waals surface area contributed by atoms with E-state index >= 15 is 0 Å². The predicted molar refractivity (Wildman–Crippen MR) is 101 cm³/mol. The van der Waals surface area contributed by atoms with E-state index in [2.05, 4.69) is 59.5 Å². The Morgan fingerprint density at radius 3 is 2.35 bits per heavy atom. The molecule has 0 saturated heterocycles.